The first kappa shape index (κ1) is 19.8. The summed E-state index contributed by atoms with van der Waals surface area (Å²) in [5, 5.41) is 13.9. The van der Waals surface area contributed by atoms with E-state index < -0.39 is 5.97 Å². The molecule has 0 fully saturated rings. The highest BCUT2D eigenvalue weighted by molar-refractivity contribution is 6.08. The molecule has 26 heavy (non-hydrogen) atoms. The molecule has 0 saturated carbocycles. The van der Waals surface area contributed by atoms with Crippen LogP contribution < -0.4 is 5.32 Å². The number of carbonyl (C=O) groups excluding carboxylic acids is 2. The van der Waals surface area contributed by atoms with Crippen LogP contribution in [0.4, 0.5) is 0 Å². The second-order valence-electron chi connectivity index (χ2n) is 6.51. The van der Waals surface area contributed by atoms with Gasteiger partial charge in [-0.3, -0.25) is 4.79 Å². The largest absolute Gasteiger partial charge is 0.508 e. The molecule has 7 nitrogen and oxygen atoms in total. The Morgan fingerprint density at radius 1 is 1.31 bits per heavy atom. The summed E-state index contributed by atoms with van der Waals surface area (Å²) in [5.74, 6) is -0.356. The van der Waals surface area contributed by atoms with E-state index in [4.69, 9.17) is 4.74 Å². The quantitative estimate of drug-likeness (QED) is 0.737. The van der Waals surface area contributed by atoms with Crippen molar-refractivity contribution >= 4 is 22.8 Å². The number of nitrogens with zero attached hydrogens (tertiary/aromatic N) is 2. The predicted molar refractivity (Wildman–Crippen MR) is 100 cm³/mol. The van der Waals surface area contributed by atoms with Gasteiger partial charge in [-0.15, -0.1) is 0 Å². The smallest absolute Gasteiger partial charge is 0.340 e. The Morgan fingerprint density at radius 3 is 2.58 bits per heavy atom. The standard InChI is InChI=1S/C19H27N3O4/c1-6-26-19(25)17-12(2)22(10-9-20-13(3)23)15-7-8-16(24)14(18(15)17)11-21(4)5/h7-8,24H,6,9-11H2,1-5H3,(H,20,23). The van der Waals surface area contributed by atoms with E-state index in [2.05, 4.69) is 5.32 Å². The van der Waals surface area contributed by atoms with Crippen molar-refractivity contribution in [2.75, 3.05) is 27.2 Å². The lowest BCUT2D eigenvalue weighted by atomic mass is 10.0. The fourth-order valence-electron chi connectivity index (χ4n) is 3.19. The van der Waals surface area contributed by atoms with Crippen molar-refractivity contribution < 1.29 is 19.4 Å². The van der Waals surface area contributed by atoms with Crippen molar-refractivity contribution in [1.29, 1.82) is 0 Å². The van der Waals surface area contributed by atoms with Gasteiger partial charge in [-0.25, -0.2) is 4.79 Å². The molecule has 0 unspecified atom stereocenters. The summed E-state index contributed by atoms with van der Waals surface area (Å²) in [6, 6.07) is 3.44. The molecule has 1 aromatic carbocycles. The van der Waals surface area contributed by atoms with Gasteiger partial charge < -0.3 is 24.6 Å². The van der Waals surface area contributed by atoms with E-state index >= 15 is 0 Å². The number of amides is 1. The van der Waals surface area contributed by atoms with Crippen LogP contribution in [0.3, 0.4) is 0 Å². The van der Waals surface area contributed by atoms with E-state index in [1.807, 2.05) is 30.5 Å². The number of aromatic nitrogens is 1. The zero-order chi connectivity index (χ0) is 19.4. The summed E-state index contributed by atoms with van der Waals surface area (Å²) < 4.78 is 7.24. The van der Waals surface area contributed by atoms with Gasteiger partial charge in [-0.1, -0.05) is 0 Å². The van der Waals surface area contributed by atoms with Gasteiger partial charge >= 0.3 is 5.97 Å². The van der Waals surface area contributed by atoms with Crippen LogP contribution in [0.25, 0.3) is 10.9 Å². The number of fused-ring (bicyclic) bond motifs is 1. The number of hydrogen-bond donors (Lipinski definition) is 2. The van der Waals surface area contributed by atoms with Crippen LogP contribution in [0.15, 0.2) is 12.1 Å². The topological polar surface area (TPSA) is 83.8 Å². The lowest BCUT2D eigenvalue weighted by molar-refractivity contribution is -0.118. The molecule has 0 spiro atoms. The van der Waals surface area contributed by atoms with Crippen molar-refractivity contribution in [2.24, 2.45) is 0 Å². The third-order valence-corrected chi connectivity index (χ3v) is 4.24. The Hall–Kier alpha value is -2.54. The average Bonchev–Trinajstić information content (AvgIpc) is 2.82. The normalized spacial score (nSPS) is 11.2. The van der Waals surface area contributed by atoms with Crippen molar-refractivity contribution in [3.63, 3.8) is 0 Å². The molecule has 2 N–H and O–H groups in total. The number of carbonyl (C=O) groups is 2. The third kappa shape index (κ3) is 3.99. The van der Waals surface area contributed by atoms with Crippen LogP contribution >= 0.6 is 0 Å². The Morgan fingerprint density at radius 2 is 2.00 bits per heavy atom. The number of benzene rings is 1. The minimum Gasteiger partial charge on any atom is -0.508 e. The summed E-state index contributed by atoms with van der Waals surface area (Å²) in [5.41, 5.74) is 2.76. The molecular weight excluding hydrogens is 334 g/mol. The third-order valence-electron chi connectivity index (χ3n) is 4.24. The lowest BCUT2D eigenvalue weighted by Gasteiger charge is -2.14. The summed E-state index contributed by atoms with van der Waals surface area (Å²) in [7, 11) is 3.81. The minimum atomic E-state index is -0.404. The van der Waals surface area contributed by atoms with E-state index in [1.165, 1.54) is 6.92 Å². The summed E-state index contributed by atoms with van der Waals surface area (Å²) >= 11 is 0. The van der Waals surface area contributed by atoms with Crippen molar-refractivity contribution in [3.8, 4) is 5.75 Å². The first-order chi connectivity index (χ1) is 12.3. The van der Waals surface area contributed by atoms with E-state index in [0.717, 1.165) is 11.2 Å². The number of aromatic hydroxyl groups is 1. The first-order valence-electron chi connectivity index (χ1n) is 8.67. The minimum absolute atomic E-state index is 0.101. The number of nitrogens with one attached hydrogen (secondary N) is 1. The molecule has 7 heteroatoms. The average molecular weight is 361 g/mol. The molecule has 0 radical (unpaired) electrons. The molecule has 1 amide bonds. The Balaban J connectivity index is 2.67. The zero-order valence-electron chi connectivity index (χ0n) is 16.0. The number of phenolic OH excluding ortho intramolecular Hbond substituents is 1. The lowest BCUT2D eigenvalue weighted by Crippen LogP contribution is -2.24. The molecule has 2 aromatic rings. The van der Waals surface area contributed by atoms with E-state index in [1.54, 1.807) is 19.1 Å². The molecule has 0 aliphatic heterocycles. The number of rotatable bonds is 7. The van der Waals surface area contributed by atoms with Crippen LogP contribution in [-0.4, -0.2) is 53.7 Å². The highest BCUT2D eigenvalue weighted by atomic mass is 16.5. The molecule has 142 valence electrons. The van der Waals surface area contributed by atoms with E-state index in [0.29, 0.717) is 36.1 Å². The summed E-state index contributed by atoms with van der Waals surface area (Å²) in [6.45, 7) is 6.83. The summed E-state index contributed by atoms with van der Waals surface area (Å²) in [6.07, 6.45) is 0. The maximum absolute atomic E-state index is 12.6. The molecule has 0 aliphatic carbocycles. The number of hydrogen-bond acceptors (Lipinski definition) is 5. The molecule has 1 aromatic heterocycles. The Kier molecular flexibility index (Phi) is 6.26. The van der Waals surface area contributed by atoms with Gasteiger partial charge in [0.25, 0.3) is 0 Å². The van der Waals surface area contributed by atoms with Gasteiger partial charge in [0.05, 0.1) is 12.2 Å². The van der Waals surface area contributed by atoms with Crippen LogP contribution in [0.5, 0.6) is 5.75 Å². The molecule has 2 rings (SSSR count). The Bertz CT molecular complexity index is 824. The maximum atomic E-state index is 12.6. The number of phenols is 1. The van der Waals surface area contributed by atoms with Crippen LogP contribution in [0.2, 0.25) is 0 Å². The fourth-order valence-corrected chi connectivity index (χ4v) is 3.19. The van der Waals surface area contributed by atoms with Crippen molar-refractivity contribution in [3.05, 3.63) is 29.0 Å². The van der Waals surface area contributed by atoms with Gasteiger partial charge in [0.15, 0.2) is 0 Å². The van der Waals surface area contributed by atoms with Crippen LogP contribution in [0.1, 0.15) is 35.5 Å². The van der Waals surface area contributed by atoms with Crippen molar-refractivity contribution in [1.82, 2.24) is 14.8 Å². The second-order valence-corrected chi connectivity index (χ2v) is 6.51. The van der Waals surface area contributed by atoms with Gasteiger partial charge in [0.2, 0.25) is 5.91 Å². The van der Waals surface area contributed by atoms with Crippen LogP contribution in [-0.2, 0) is 22.6 Å². The highest BCUT2D eigenvalue weighted by Crippen LogP contribution is 2.35. The molecule has 0 saturated heterocycles. The van der Waals surface area contributed by atoms with E-state index in [-0.39, 0.29) is 18.3 Å². The molecular formula is C19H27N3O4. The monoisotopic (exact) mass is 361 g/mol. The second kappa shape index (κ2) is 8.23. The predicted octanol–water partition coefficient (Wildman–Crippen LogP) is 2.03. The van der Waals surface area contributed by atoms with Crippen molar-refractivity contribution in [2.45, 2.75) is 33.9 Å². The van der Waals surface area contributed by atoms with Gasteiger partial charge in [0, 0.05) is 48.7 Å². The fraction of sp³-hybridized carbons (Fsp3) is 0.474. The molecule has 0 bridgehead atoms. The molecule has 0 atom stereocenters. The van der Waals surface area contributed by atoms with Crippen LogP contribution in [0, 0.1) is 6.92 Å². The molecule has 1 heterocycles. The Labute approximate surface area is 153 Å². The maximum Gasteiger partial charge on any atom is 0.340 e. The SMILES string of the molecule is CCOC(=O)c1c(C)n(CCNC(C)=O)c2ccc(O)c(CN(C)C)c12. The van der Waals surface area contributed by atoms with Gasteiger partial charge in [-0.2, -0.15) is 0 Å². The summed E-state index contributed by atoms with van der Waals surface area (Å²) in [4.78, 5) is 25.7. The van der Waals surface area contributed by atoms with Gasteiger partial charge in [-0.05, 0) is 40.1 Å². The van der Waals surface area contributed by atoms with Gasteiger partial charge in [0.1, 0.15) is 5.75 Å². The zero-order valence-corrected chi connectivity index (χ0v) is 16.0. The highest BCUT2D eigenvalue weighted by Gasteiger charge is 2.25. The van der Waals surface area contributed by atoms with E-state index in [9.17, 15) is 14.7 Å². The molecule has 0 aliphatic rings. The number of esters is 1. The number of ether oxygens (including phenoxy) is 1. The first-order valence-corrected chi connectivity index (χ1v) is 8.67.